The highest BCUT2D eigenvalue weighted by atomic mass is 16.5. The van der Waals surface area contributed by atoms with Gasteiger partial charge in [-0.05, 0) is 30.9 Å². The average Bonchev–Trinajstić information content (AvgIpc) is 2.29. The summed E-state index contributed by atoms with van der Waals surface area (Å²) in [4.78, 5) is 0. The Morgan fingerprint density at radius 1 is 1.18 bits per heavy atom. The third-order valence-electron chi connectivity index (χ3n) is 2.69. The van der Waals surface area contributed by atoms with Gasteiger partial charge in [0.25, 0.3) is 0 Å². The average molecular weight is 238 g/mol. The van der Waals surface area contributed by atoms with Crippen LogP contribution in [0.25, 0.3) is 0 Å². The minimum Gasteiger partial charge on any atom is -0.491 e. The summed E-state index contributed by atoms with van der Waals surface area (Å²) in [5.74, 6) is 1.17. The van der Waals surface area contributed by atoms with Crippen LogP contribution in [0.2, 0.25) is 0 Å². The largest absolute Gasteiger partial charge is 0.491 e. The van der Waals surface area contributed by atoms with Gasteiger partial charge in [0, 0.05) is 7.11 Å². The molecule has 0 aliphatic heterocycles. The summed E-state index contributed by atoms with van der Waals surface area (Å²) in [6.45, 7) is 5.05. The number of benzene rings is 1. The van der Waals surface area contributed by atoms with Gasteiger partial charge in [0.2, 0.25) is 0 Å². The van der Waals surface area contributed by atoms with Gasteiger partial charge in [0.15, 0.2) is 0 Å². The Hall–Kier alpha value is -1.06. The summed E-state index contributed by atoms with van der Waals surface area (Å²) < 4.78 is 10.6. The zero-order chi connectivity index (χ0) is 12.7. The highest BCUT2D eigenvalue weighted by Crippen LogP contribution is 2.29. The van der Waals surface area contributed by atoms with E-state index < -0.39 is 0 Å². The lowest BCUT2D eigenvalue weighted by Gasteiger charge is -2.18. The molecule has 0 saturated heterocycles. The van der Waals surface area contributed by atoms with Gasteiger partial charge in [-0.1, -0.05) is 25.1 Å². The minimum absolute atomic E-state index is 0.286. The molecule has 1 aromatic rings. The van der Waals surface area contributed by atoms with Crippen molar-refractivity contribution in [2.75, 3.05) is 20.3 Å². The van der Waals surface area contributed by atoms with Crippen LogP contribution in [0, 0.1) is 0 Å². The van der Waals surface area contributed by atoms with Crippen LogP contribution < -0.4 is 4.74 Å². The van der Waals surface area contributed by atoms with Gasteiger partial charge in [-0.25, -0.2) is 0 Å². The van der Waals surface area contributed by atoms with E-state index in [1.54, 1.807) is 7.11 Å². The monoisotopic (exact) mass is 238 g/mol. The molecule has 17 heavy (non-hydrogen) atoms. The van der Waals surface area contributed by atoms with E-state index in [9.17, 15) is 5.11 Å². The summed E-state index contributed by atoms with van der Waals surface area (Å²) in [5, 5.41) is 9.43. The van der Waals surface area contributed by atoms with E-state index in [0.717, 1.165) is 17.7 Å². The highest BCUT2D eigenvalue weighted by molar-refractivity contribution is 5.36. The number of ether oxygens (including phenoxy) is 2. The quantitative estimate of drug-likeness (QED) is 0.742. The van der Waals surface area contributed by atoms with Crippen molar-refractivity contribution in [3.8, 4) is 5.75 Å². The molecule has 1 aromatic carbocycles. The van der Waals surface area contributed by atoms with E-state index in [-0.39, 0.29) is 12.0 Å². The second-order valence-corrected chi connectivity index (χ2v) is 4.36. The smallest absolute Gasteiger partial charge is 0.122 e. The van der Waals surface area contributed by atoms with Crippen LogP contribution in [-0.4, -0.2) is 31.5 Å². The summed E-state index contributed by atoms with van der Waals surface area (Å²) in [6, 6.07) is 7.97. The van der Waals surface area contributed by atoms with Crippen LogP contribution in [0.15, 0.2) is 24.3 Å². The third-order valence-corrected chi connectivity index (χ3v) is 2.69. The molecule has 1 N–H and O–H groups in total. The van der Waals surface area contributed by atoms with E-state index >= 15 is 0 Å². The zero-order valence-corrected chi connectivity index (χ0v) is 10.8. The lowest BCUT2D eigenvalue weighted by molar-refractivity contribution is 0.144. The summed E-state index contributed by atoms with van der Waals surface area (Å²) >= 11 is 0. The van der Waals surface area contributed by atoms with Gasteiger partial charge in [-0.2, -0.15) is 0 Å². The van der Waals surface area contributed by atoms with E-state index in [1.807, 2.05) is 25.1 Å². The first-order valence-electron chi connectivity index (χ1n) is 6.04. The number of hydrogen-bond donors (Lipinski definition) is 1. The van der Waals surface area contributed by atoms with Gasteiger partial charge in [0.05, 0.1) is 12.7 Å². The Labute approximate surface area is 103 Å². The maximum atomic E-state index is 9.43. The summed E-state index contributed by atoms with van der Waals surface area (Å²) in [6.07, 6.45) is 0.446. The topological polar surface area (TPSA) is 38.7 Å². The van der Waals surface area contributed by atoms with E-state index in [2.05, 4.69) is 13.0 Å². The number of rotatable bonds is 7. The first-order valence-corrected chi connectivity index (χ1v) is 6.04. The number of methoxy groups -OCH3 is 1. The van der Waals surface area contributed by atoms with Crippen molar-refractivity contribution in [3.63, 3.8) is 0 Å². The number of hydrogen-bond acceptors (Lipinski definition) is 3. The highest BCUT2D eigenvalue weighted by Gasteiger charge is 2.13. The van der Waals surface area contributed by atoms with Gasteiger partial charge in [-0.3, -0.25) is 0 Å². The van der Waals surface area contributed by atoms with Crippen molar-refractivity contribution >= 4 is 0 Å². The van der Waals surface area contributed by atoms with Crippen molar-refractivity contribution in [3.05, 3.63) is 29.8 Å². The molecule has 3 nitrogen and oxygen atoms in total. The second kappa shape index (κ2) is 7.30. The molecule has 0 spiro atoms. The first-order chi connectivity index (χ1) is 8.15. The Morgan fingerprint density at radius 2 is 1.88 bits per heavy atom. The van der Waals surface area contributed by atoms with Crippen LogP contribution in [0.1, 0.15) is 31.7 Å². The van der Waals surface area contributed by atoms with Crippen molar-refractivity contribution < 1.29 is 14.6 Å². The molecule has 3 heteroatoms. The fourth-order valence-corrected chi connectivity index (χ4v) is 1.89. The molecule has 0 bridgehead atoms. The molecule has 1 rings (SSSR count). The zero-order valence-electron chi connectivity index (χ0n) is 10.8. The molecule has 0 aromatic heterocycles. The summed E-state index contributed by atoms with van der Waals surface area (Å²) in [7, 11) is 1.66. The fraction of sp³-hybridized carbons (Fsp3) is 0.571. The van der Waals surface area contributed by atoms with Crippen LogP contribution in [0.3, 0.4) is 0 Å². The second-order valence-electron chi connectivity index (χ2n) is 4.36. The van der Waals surface area contributed by atoms with Gasteiger partial charge >= 0.3 is 0 Å². The van der Waals surface area contributed by atoms with Crippen LogP contribution in [-0.2, 0) is 4.74 Å². The Bertz CT molecular complexity index is 323. The Kier molecular flexibility index (Phi) is 6.01. The van der Waals surface area contributed by atoms with Gasteiger partial charge in [0.1, 0.15) is 12.4 Å². The van der Waals surface area contributed by atoms with Crippen molar-refractivity contribution in [1.82, 2.24) is 0 Å². The predicted octanol–water partition coefficient (Wildman–Crippen LogP) is 2.59. The van der Waals surface area contributed by atoms with E-state index in [0.29, 0.717) is 13.2 Å². The molecule has 0 aliphatic carbocycles. The number of aliphatic hydroxyl groups is 1. The standard InChI is InChI=1S/C14H22O3/c1-11(10-12(2)15)13-6-4-5-7-14(13)17-9-8-16-3/h4-7,11-12,15H,8-10H2,1-3H3. The van der Waals surface area contributed by atoms with Gasteiger partial charge in [-0.15, -0.1) is 0 Å². The lowest BCUT2D eigenvalue weighted by atomic mass is 9.95. The maximum absolute atomic E-state index is 9.43. The van der Waals surface area contributed by atoms with E-state index in [1.165, 1.54) is 0 Å². The molecule has 0 aliphatic rings. The molecule has 2 atom stereocenters. The molecule has 96 valence electrons. The fourth-order valence-electron chi connectivity index (χ4n) is 1.89. The summed E-state index contributed by atoms with van der Waals surface area (Å²) in [5.41, 5.74) is 1.14. The van der Waals surface area contributed by atoms with E-state index in [4.69, 9.17) is 9.47 Å². The Morgan fingerprint density at radius 3 is 2.53 bits per heavy atom. The number of aliphatic hydroxyl groups excluding tert-OH is 1. The molecule has 0 fully saturated rings. The van der Waals surface area contributed by atoms with Crippen LogP contribution >= 0.6 is 0 Å². The molecule has 2 unspecified atom stereocenters. The normalized spacial score (nSPS) is 14.4. The first kappa shape index (κ1) is 14.0. The maximum Gasteiger partial charge on any atom is 0.122 e. The lowest BCUT2D eigenvalue weighted by Crippen LogP contribution is -2.09. The minimum atomic E-state index is -0.294. The SMILES string of the molecule is COCCOc1ccccc1C(C)CC(C)O. The predicted molar refractivity (Wildman–Crippen MR) is 68.5 cm³/mol. The molecule has 0 amide bonds. The van der Waals surface area contributed by atoms with Crippen LogP contribution in [0.5, 0.6) is 5.75 Å². The molecule has 0 saturated carbocycles. The number of para-hydroxylation sites is 1. The van der Waals surface area contributed by atoms with Crippen molar-refractivity contribution in [2.24, 2.45) is 0 Å². The molecular weight excluding hydrogens is 216 g/mol. The molecule has 0 heterocycles. The van der Waals surface area contributed by atoms with Crippen molar-refractivity contribution in [2.45, 2.75) is 32.3 Å². The van der Waals surface area contributed by atoms with Crippen LogP contribution in [0.4, 0.5) is 0 Å². The van der Waals surface area contributed by atoms with Crippen molar-refractivity contribution in [1.29, 1.82) is 0 Å². The third kappa shape index (κ3) is 4.75. The molecular formula is C14H22O3. The Balaban J connectivity index is 2.69. The van der Waals surface area contributed by atoms with Gasteiger partial charge < -0.3 is 14.6 Å². The molecule has 0 radical (unpaired) electrons.